The van der Waals surface area contributed by atoms with E-state index in [2.05, 4.69) is 20.4 Å². The topological polar surface area (TPSA) is 79.8 Å². The summed E-state index contributed by atoms with van der Waals surface area (Å²) in [4.78, 5) is 27.9. The maximum absolute atomic E-state index is 12.3. The summed E-state index contributed by atoms with van der Waals surface area (Å²) in [6.45, 7) is 2.20. The van der Waals surface area contributed by atoms with Crippen LogP contribution in [0.4, 0.5) is 0 Å². The number of hydrogen-bond acceptors (Lipinski definition) is 4. The van der Waals surface area contributed by atoms with Crippen LogP contribution in [0.1, 0.15) is 12.5 Å². The van der Waals surface area contributed by atoms with Gasteiger partial charge < -0.3 is 15.4 Å². The molecule has 0 spiro atoms. The van der Waals surface area contributed by atoms with Crippen LogP contribution in [0.2, 0.25) is 0 Å². The molecule has 1 aliphatic heterocycles. The van der Waals surface area contributed by atoms with Crippen LogP contribution in [-0.4, -0.2) is 30.9 Å². The van der Waals surface area contributed by atoms with Crippen molar-refractivity contribution in [1.82, 2.24) is 10.6 Å². The number of hydrogen-bond donors (Lipinski definition) is 2. The van der Waals surface area contributed by atoms with Gasteiger partial charge in [0.05, 0.1) is 7.11 Å². The Balaban J connectivity index is 1.97. The molecule has 0 unspecified atom stereocenters. The monoisotopic (exact) mass is 365 g/mol. The molecule has 6 heteroatoms. The SMILES string of the molecule is COC(=O)/C=C/C1=C/NC(=N[C@H](C)C(=O)NCc2ccccc2)\C=C\C=C\1. The summed E-state index contributed by atoms with van der Waals surface area (Å²) in [7, 11) is 1.32. The minimum Gasteiger partial charge on any atom is -0.466 e. The molecule has 0 bridgehead atoms. The molecule has 1 aromatic rings. The number of nitrogens with zero attached hydrogens (tertiary/aromatic N) is 1. The van der Waals surface area contributed by atoms with Crippen molar-refractivity contribution in [3.8, 4) is 0 Å². The standard InChI is InChI=1S/C21H23N3O3/c1-16(21(26)23-15-17-8-4-3-5-9-17)24-19-11-7-6-10-18(14-22-19)12-13-20(25)27-2/h3-14,16H,15H2,1-2H3,(H,22,24)(H,23,26)/b13-12+/t16-/m1/s1. The molecule has 6 nitrogen and oxygen atoms in total. The molecule has 2 N–H and O–H groups in total. The average molecular weight is 365 g/mol. The Labute approximate surface area is 159 Å². The lowest BCUT2D eigenvalue weighted by Gasteiger charge is -2.11. The van der Waals surface area contributed by atoms with Crippen molar-refractivity contribution in [2.45, 2.75) is 19.5 Å². The molecule has 1 amide bonds. The summed E-state index contributed by atoms with van der Waals surface area (Å²) < 4.78 is 4.57. The van der Waals surface area contributed by atoms with E-state index in [1.807, 2.05) is 42.5 Å². The van der Waals surface area contributed by atoms with E-state index in [1.54, 1.807) is 31.4 Å². The first-order chi connectivity index (χ1) is 13.1. The number of amidine groups is 1. The minimum absolute atomic E-state index is 0.158. The van der Waals surface area contributed by atoms with Crippen LogP contribution in [0.15, 0.2) is 83.6 Å². The molecule has 0 radical (unpaired) electrons. The molecule has 1 heterocycles. The number of allylic oxidation sites excluding steroid dienone is 5. The normalized spacial score (nSPS) is 20.5. The fourth-order valence-corrected chi connectivity index (χ4v) is 2.18. The Morgan fingerprint density at radius 1 is 1.22 bits per heavy atom. The molecule has 1 atom stereocenters. The second kappa shape index (κ2) is 10.6. The number of carbonyl (C=O) groups is 2. The van der Waals surface area contributed by atoms with Crippen molar-refractivity contribution >= 4 is 17.7 Å². The summed E-state index contributed by atoms with van der Waals surface area (Å²) in [5.41, 5.74) is 1.79. The summed E-state index contributed by atoms with van der Waals surface area (Å²) in [5.74, 6) is -0.0425. The molecule has 0 saturated heterocycles. The molecule has 1 aromatic carbocycles. The number of methoxy groups -OCH3 is 1. The van der Waals surface area contributed by atoms with E-state index < -0.39 is 12.0 Å². The van der Waals surface area contributed by atoms with E-state index in [0.29, 0.717) is 12.4 Å². The fourth-order valence-electron chi connectivity index (χ4n) is 2.18. The molecule has 0 saturated carbocycles. The number of aliphatic imine (C=N–C) groups is 1. The first-order valence-electron chi connectivity index (χ1n) is 8.55. The van der Waals surface area contributed by atoms with Crippen LogP contribution >= 0.6 is 0 Å². The second-order valence-corrected chi connectivity index (χ2v) is 5.76. The molecular weight excluding hydrogens is 342 g/mol. The average Bonchev–Trinajstić information content (AvgIpc) is 2.68. The van der Waals surface area contributed by atoms with Crippen molar-refractivity contribution in [2.75, 3.05) is 7.11 Å². The maximum atomic E-state index is 12.3. The number of carbonyl (C=O) groups excluding carboxylic acids is 2. The maximum Gasteiger partial charge on any atom is 0.330 e. The number of ether oxygens (including phenoxy) is 1. The van der Waals surface area contributed by atoms with Gasteiger partial charge >= 0.3 is 5.97 Å². The van der Waals surface area contributed by atoms with Crippen LogP contribution < -0.4 is 10.6 Å². The van der Waals surface area contributed by atoms with Crippen molar-refractivity contribution in [1.29, 1.82) is 0 Å². The zero-order valence-corrected chi connectivity index (χ0v) is 15.4. The number of esters is 1. The van der Waals surface area contributed by atoms with Crippen molar-refractivity contribution < 1.29 is 14.3 Å². The van der Waals surface area contributed by atoms with Gasteiger partial charge in [-0.1, -0.05) is 48.6 Å². The second-order valence-electron chi connectivity index (χ2n) is 5.76. The highest BCUT2D eigenvalue weighted by Gasteiger charge is 2.11. The lowest BCUT2D eigenvalue weighted by molar-refractivity contribution is -0.134. The fraction of sp³-hybridized carbons (Fsp3) is 0.190. The molecule has 0 aromatic heterocycles. The lowest BCUT2D eigenvalue weighted by atomic mass is 10.2. The molecular formula is C21H23N3O3. The molecule has 2 rings (SSSR count). The van der Waals surface area contributed by atoms with Crippen LogP contribution in [0, 0.1) is 0 Å². The van der Waals surface area contributed by atoms with Gasteiger partial charge in [-0.15, -0.1) is 0 Å². The predicted octanol–water partition coefficient (Wildman–Crippen LogP) is 2.42. The zero-order chi connectivity index (χ0) is 19.5. The molecule has 0 fully saturated rings. The number of amides is 1. The van der Waals surface area contributed by atoms with Gasteiger partial charge in [-0.05, 0) is 30.2 Å². The van der Waals surface area contributed by atoms with Gasteiger partial charge in [0.25, 0.3) is 0 Å². The minimum atomic E-state index is -0.549. The summed E-state index contributed by atoms with van der Waals surface area (Å²) in [6.07, 6.45) is 11.9. The molecule has 0 aliphatic carbocycles. The summed E-state index contributed by atoms with van der Waals surface area (Å²) >= 11 is 0. The molecule has 27 heavy (non-hydrogen) atoms. The number of benzene rings is 1. The van der Waals surface area contributed by atoms with Gasteiger partial charge in [-0.2, -0.15) is 0 Å². The van der Waals surface area contributed by atoms with Crippen LogP contribution in [0.5, 0.6) is 0 Å². The van der Waals surface area contributed by atoms with Gasteiger partial charge in [0.1, 0.15) is 11.9 Å². The summed E-state index contributed by atoms with van der Waals surface area (Å²) in [6, 6.07) is 9.16. The van der Waals surface area contributed by atoms with Gasteiger partial charge in [0, 0.05) is 18.8 Å². The van der Waals surface area contributed by atoms with Gasteiger partial charge in [0.15, 0.2) is 0 Å². The highest BCUT2D eigenvalue weighted by molar-refractivity contribution is 5.96. The van der Waals surface area contributed by atoms with Crippen LogP contribution in [-0.2, 0) is 20.9 Å². The Morgan fingerprint density at radius 3 is 2.70 bits per heavy atom. The van der Waals surface area contributed by atoms with Crippen molar-refractivity contribution in [3.05, 3.63) is 84.1 Å². The highest BCUT2D eigenvalue weighted by Crippen LogP contribution is 2.03. The molecule has 140 valence electrons. The Bertz CT molecular complexity index is 805. The first kappa shape index (κ1) is 19.9. The Kier molecular flexibility index (Phi) is 7.78. The van der Waals surface area contributed by atoms with Gasteiger partial charge in [-0.25, -0.2) is 4.79 Å². The third-order valence-corrected chi connectivity index (χ3v) is 3.68. The van der Waals surface area contributed by atoms with E-state index in [1.165, 1.54) is 13.2 Å². The Morgan fingerprint density at radius 2 is 1.96 bits per heavy atom. The molecule has 1 aliphatic rings. The van der Waals surface area contributed by atoms with E-state index in [9.17, 15) is 9.59 Å². The van der Waals surface area contributed by atoms with Gasteiger partial charge in [0.2, 0.25) is 5.91 Å². The van der Waals surface area contributed by atoms with Crippen LogP contribution in [0.25, 0.3) is 0 Å². The Hall–Kier alpha value is -3.41. The number of rotatable bonds is 6. The zero-order valence-electron chi connectivity index (χ0n) is 15.4. The number of nitrogens with one attached hydrogen (secondary N) is 2. The van der Waals surface area contributed by atoms with E-state index >= 15 is 0 Å². The third-order valence-electron chi connectivity index (χ3n) is 3.68. The van der Waals surface area contributed by atoms with Crippen LogP contribution in [0.3, 0.4) is 0 Å². The highest BCUT2D eigenvalue weighted by atomic mass is 16.5. The summed E-state index contributed by atoms with van der Waals surface area (Å²) in [5, 5.41) is 5.91. The van der Waals surface area contributed by atoms with E-state index in [4.69, 9.17) is 0 Å². The first-order valence-corrected chi connectivity index (χ1v) is 8.55. The van der Waals surface area contributed by atoms with Crippen molar-refractivity contribution in [3.63, 3.8) is 0 Å². The van der Waals surface area contributed by atoms with Crippen molar-refractivity contribution in [2.24, 2.45) is 4.99 Å². The van der Waals surface area contributed by atoms with Gasteiger partial charge in [-0.3, -0.25) is 9.79 Å². The third kappa shape index (κ3) is 7.15. The van der Waals surface area contributed by atoms with E-state index in [-0.39, 0.29) is 5.91 Å². The lowest BCUT2D eigenvalue weighted by Crippen LogP contribution is -2.33. The largest absolute Gasteiger partial charge is 0.466 e. The quantitative estimate of drug-likeness (QED) is 0.599. The smallest absolute Gasteiger partial charge is 0.330 e. The predicted molar refractivity (Wildman–Crippen MR) is 106 cm³/mol. The van der Waals surface area contributed by atoms with E-state index in [0.717, 1.165) is 11.1 Å².